The molecule has 0 atom stereocenters. The molecular weight excluding hydrogens is 398 g/mol. The van der Waals surface area contributed by atoms with Crippen LogP contribution in [0.2, 0.25) is 0 Å². The number of aromatic nitrogens is 4. The van der Waals surface area contributed by atoms with Crippen LogP contribution in [0.5, 0.6) is 0 Å². The van der Waals surface area contributed by atoms with Crippen molar-refractivity contribution in [1.82, 2.24) is 19.2 Å². The predicted molar refractivity (Wildman–Crippen MR) is 117 cm³/mol. The molecule has 2 aromatic heterocycles. The summed E-state index contributed by atoms with van der Waals surface area (Å²) in [5.74, 6) is 1.11. The zero-order chi connectivity index (χ0) is 20.9. The molecule has 0 aliphatic rings. The van der Waals surface area contributed by atoms with Gasteiger partial charge in [0.2, 0.25) is 5.78 Å². The van der Waals surface area contributed by atoms with Gasteiger partial charge in [-0.25, -0.2) is 0 Å². The summed E-state index contributed by atoms with van der Waals surface area (Å²) in [6, 6.07) is 17.3. The largest absolute Gasteiger partial charge is 0.382 e. The monoisotopic (exact) mass is 419 g/mol. The molecule has 0 fully saturated rings. The Bertz CT molecular complexity index is 1290. The van der Waals surface area contributed by atoms with E-state index in [2.05, 4.69) is 16.3 Å². The Morgan fingerprint density at radius 1 is 1.13 bits per heavy atom. The van der Waals surface area contributed by atoms with Crippen molar-refractivity contribution in [1.29, 1.82) is 5.26 Å². The van der Waals surface area contributed by atoms with E-state index < -0.39 is 0 Å². The Labute approximate surface area is 177 Å². The van der Waals surface area contributed by atoms with Gasteiger partial charge in [0.25, 0.3) is 5.56 Å². The van der Waals surface area contributed by atoms with Crippen LogP contribution in [0.15, 0.2) is 58.5 Å². The fourth-order valence-electron chi connectivity index (χ4n) is 3.40. The smallest absolute Gasteiger partial charge is 0.262 e. The zero-order valence-electron chi connectivity index (χ0n) is 16.6. The summed E-state index contributed by atoms with van der Waals surface area (Å²) in [4.78, 5) is 13.1. The average Bonchev–Trinajstić information content (AvgIpc) is 3.21. The van der Waals surface area contributed by atoms with Crippen molar-refractivity contribution in [3.8, 4) is 6.07 Å². The maximum absolute atomic E-state index is 13.1. The number of benzene rings is 2. The van der Waals surface area contributed by atoms with Crippen LogP contribution < -0.4 is 5.56 Å². The molecule has 4 rings (SSSR count). The topological polar surface area (TPSA) is 85.2 Å². The van der Waals surface area contributed by atoms with Gasteiger partial charge in [0.05, 0.1) is 22.5 Å². The van der Waals surface area contributed by atoms with Gasteiger partial charge < -0.3 is 4.74 Å². The Kier molecular flexibility index (Phi) is 6.12. The molecule has 0 amide bonds. The summed E-state index contributed by atoms with van der Waals surface area (Å²) in [5.41, 5.74) is 2.29. The first-order valence-corrected chi connectivity index (χ1v) is 10.8. The first kappa shape index (κ1) is 20.1. The van der Waals surface area contributed by atoms with Gasteiger partial charge in [-0.1, -0.05) is 42.1 Å². The van der Waals surface area contributed by atoms with Crippen LogP contribution in [0.3, 0.4) is 0 Å². The SMILES string of the molecule is CCOCCCn1c(=O)c2ccccc2n2c(SCc3ccccc3C#N)nnc12. The third-order valence-corrected chi connectivity index (χ3v) is 5.83. The van der Waals surface area contributed by atoms with Crippen molar-refractivity contribution in [3.63, 3.8) is 0 Å². The van der Waals surface area contributed by atoms with Crippen molar-refractivity contribution in [3.05, 3.63) is 70.0 Å². The third kappa shape index (κ3) is 3.82. The van der Waals surface area contributed by atoms with E-state index in [-0.39, 0.29) is 5.56 Å². The molecule has 30 heavy (non-hydrogen) atoms. The molecule has 0 spiro atoms. The number of hydrogen-bond donors (Lipinski definition) is 0. The van der Waals surface area contributed by atoms with Crippen molar-refractivity contribution in [2.75, 3.05) is 13.2 Å². The van der Waals surface area contributed by atoms with Crippen LogP contribution >= 0.6 is 11.8 Å². The molecule has 7 nitrogen and oxygen atoms in total. The first-order chi connectivity index (χ1) is 14.7. The van der Waals surface area contributed by atoms with Crippen LogP contribution in [-0.4, -0.2) is 32.4 Å². The molecule has 2 heterocycles. The van der Waals surface area contributed by atoms with E-state index in [1.807, 2.05) is 59.9 Å². The van der Waals surface area contributed by atoms with Gasteiger partial charge in [-0.3, -0.25) is 13.8 Å². The highest BCUT2D eigenvalue weighted by Crippen LogP contribution is 2.25. The van der Waals surface area contributed by atoms with E-state index >= 15 is 0 Å². The molecular formula is C22H21N5O2S. The van der Waals surface area contributed by atoms with Crippen LogP contribution in [-0.2, 0) is 17.0 Å². The van der Waals surface area contributed by atoms with E-state index in [0.717, 1.165) is 11.1 Å². The normalized spacial score (nSPS) is 11.2. The Morgan fingerprint density at radius 3 is 2.77 bits per heavy atom. The van der Waals surface area contributed by atoms with Gasteiger partial charge in [0.15, 0.2) is 5.16 Å². The lowest BCUT2D eigenvalue weighted by Gasteiger charge is -2.11. The molecule has 0 radical (unpaired) electrons. The summed E-state index contributed by atoms with van der Waals surface area (Å²) >= 11 is 1.50. The zero-order valence-corrected chi connectivity index (χ0v) is 17.4. The van der Waals surface area contributed by atoms with Gasteiger partial charge in [-0.2, -0.15) is 5.26 Å². The highest BCUT2D eigenvalue weighted by molar-refractivity contribution is 7.98. The molecule has 2 aromatic carbocycles. The maximum atomic E-state index is 13.1. The Balaban J connectivity index is 1.76. The van der Waals surface area contributed by atoms with Crippen LogP contribution in [0, 0.1) is 11.3 Å². The number of fused-ring (bicyclic) bond motifs is 3. The number of aryl methyl sites for hydroxylation is 1. The molecule has 152 valence electrons. The van der Waals surface area contributed by atoms with Crippen molar-refractivity contribution in [2.45, 2.75) is 30.8 Å². The van der Waals surface area contributed by atoms with Gasteiger partial charge in [0.1, 0.15) is 0 Å². The number of para-hydroxylation sites is 1. The number of rotatable bonds is 8. The van der Waals surface area contributed by atoms with Gasteiger partial charge in [-0.15, -0.1) is 10.2 Å². The molecule has 4 aromatic rings. The molecule has 0 aliphatic heterocycles. The lowest BCUT2D eigenvalue weighted by Crippen LogP contribution is -2.24. The summed E-state index contributed by atoms with van der Waals surface area (Å²) in [6.07, 6.45) is 0.715. The lowest BCUT2D eigenvalue weighted by atomic mass is 10.1. The molecule has 8 heteroatoms. The average molecular weight is 420 g/mol. The molecule has 0 saturated carbocycles. The van der Waals surface area contributed by atoms with Gasteiger partial charge in [-0.05, 0) is 37.1 Å². The molecule has 0 N–H and O–H groups in total. The van der Waals surface area contributed by atoms with Gasteiger partial charge >= 0.3 is 0 Å². The summed E-state index contributed by atoms with van der Waals surface area (Å²) in [7, 11) is 0. The van der Waals surface area contributed by atoms with Crippen molar-refractivity contribution in [2.24, 2.45) is 0 Å². The highest BCUT2D eigenvalue weighted by atomic mass is 32.2. The second kappa shape index (κ2) is 9.11. The van der Waals surface area contributed by atoms with Crippen LogP contribution in [0.25, 0.3) is 16.7 Å². The van der Waals surface area contributed by atoms with E-state index in [1.54, 1.807) is 4.57 Å². The lowest BCUT2D eigenvalue weighted by molar-refractivity contribution is 0.141. The summed E-state index contributed by atoms with van der Waals surface area (Å²) < 4.78 is 9.02. The number of hydrogen-bond acceptors (Lipinski definition) is 6. The second-order valence-corrected chi connectivity index (χ2v) is 7.64. The van der Waals surface area contributed by atoms with E-state index in [4.69, 9.17) is 4.74 Å². The first-order valence-electron chi connectivity index (χ1n) is 9.79. The van der Waals surface area contributed by atoms with Gasteiger partial charge in [0, 0.05) is 25.5 Å². The quantitative estimate of drug-likeness (QED) is 0.320. The van der Waals surface area contributed by atoms with E-state index in [1.165, 1.54) is 11.8 Å². The standard InChI is InChI=1S/C22H21N5O2S/c1-2-29-13-7-12-26-20(28)18-10-5-6-11-19(18)27-21(26)24-25-22(27)30-15-17-9-4-3-8-16(17)14-23/h3-6,8-11H,2,7,12-13,15H2,1H3. The molecule has 0 unspecified atom stereocenters. The maximum Gasteiger partial charge on any atom is 0.262 e. The van der Waals surface area contributed by atoms with E-state index in [0.29, 0.717) is 53.8 Å². The minimum absolute atomic E-state index is 0.0756. The molecule has 0 bridgehead atoms. The highest BCUT2D eigenvalue weighted by Gasteiger charge is 2.17. The molecule has 0 saturated heterocycles. The van der Waals surface area contributed by atoms with Crippen LogP contribution in [0.4, 0.5) is 0 Å². The number of thioether (sulfide) groups is 1. The third-order valence-electron chi connectivity index (χ3n) is 4.85. The minimum atomic E-state index is -0.0756. The minimum Gasteiger partial charge on any atom is -0.382 e. The fourth-order valence-corrected chi connectivity index (χ4v) is 4.34. The number of ether oxygens (including phenoxy) is 1. The number of nitrogens with zero attached hydrogens (tertiary/aromatic N) is 5. The Morgan fingerprint density at radius 2 is 1.93 bits per heavy atom. The van der Waals surface area contributed by atoms with Crippen molar-refractivity contribution < 1.29 is 4.74 Å². The summed E-state index contributed by atoms with van der Waals surface area (Å²) in [5, 5.41) is 19.3. The fraction of sp³-hybridized carbons (Fsp3) is 0.273. The summed E-state index contributed by atoms with van der Waals surface area (Å²) in [6.45, 7) is 3.70. The second-order valence-electron chi connectivity index (χ2n) is 6.70. The van der Waals surface area contributed by atoms with Crippen molar-refractivity contribution >= 4 is 28.4 Å². The van der Waals surface area contributed by atoms with E-state index in [9.17, 15) is 10.1 Å². The predicted octanol–water partition coefficient (Wildman–Crippen LogP) is 3.63. The molecule has 0 aliphatic carbocycles. The number of nitriles is 1. The Hall–Kier alpha value is -3.15. The van der Waals surface area contributed by atoms with Crippen LogP contribution in [0.1, 0.15) is 24.5 Å².